The van der Waals surface area contributed by atoms with Gasteiger partial charge in [-0.1, -0.05) is 30.7 Å². The summed E-state index contributed by atoms with van der Waals surface area (Å²) in [7, 11) is 0. The van der Waals surface area contributed by atoms with E-state index in [0.717, 1.165) is 35.2 Å². The third-order valence-electron chi connectivity index (χ3n) is 3.55. The molecular weight excluding hydrogens is 285 g/mol. The molecule has 0 saturated heterocycles. The molecule has 0 radical (unpaired) electrons. The van der Waals surface area contributed by atoms with Crippen LogP contribution in [0.2, 0.25) is 5.02 Å². The summed E-state index contributed by atoms with van der Waals surface area (Å²) in [6, 6.07) is 11.0. The molecule has 0 aromatic heterocycles. The van der Waals surface area contributed by atoms with Gasteiger partial charge in [0.1, 0.15) is 5.82 Å². The van der Waals surface area contributed by atoms with Crippen molar-refractivity contribution in [3.8, 4) is 0 Å². The van der Waals surface area contributed by atoms with Gasteiger partial charge in [0.2, 0.25) is 0 Å². The summed E-state index contributed by atoms with van der Waals surface area (Å²) in [5.41, 5.74) is 4.11. The number of aryl methyl sites for hydroxylation is 2. The molecule has 0 heterocycles. The summed E-state index contributed by atoms with van der Waals surface area (Å²) in [4.78, 5) is 0. The normalized spacial score (nSPS) is 12.4. The molecule has 2 aromatic rings. The van der Waals surface area contributed by atoms with Gasteiger partial charge in [0.15, 0.2) is 0 Å². The summed E-state index contributed by atoms with van der Waals surface area (Å²) in [6.45, 7) is 6.95. The molecule has 2 rings (SSSR count). The Labute approximate surface area is 131 Å². The van der Waals surface area contributed by atoms with Crippen molar-refractivity contribution in [3.63, 3.8) is 0 Å². The summed E-state index contributed by atoms with van der Waals surface area (Å²) < 4.78 is 13.8. The highest BCUT2D eigenvalue weighted by atomic mass is 35.5. The minimum Gasteiger partial charge on any atom is -0.306 e. The van der Waals surface area contributed by atoms with E-state index < -0.39 is 0 Å². The molecule has 1 N–H and O–H groups in total. The third-order valence-corrected chi connectivity index (χ3v) is 3.78. The van der Waals surface area contributed by atoms with Crippen molar-refractivity contribution < 1.29 is 4.39 Å². The van der Waals surface area contributed by atoms with Crippen LogP contribution >= 0.6 is 11.6 Å². The van der Waals surface area contributed by atoms with Crippen molar-refractivity contribution in [2.75, 3.05) is 6.54 Å². The van der Waals surface area contributed by atoms with Crippen molar-refractivity contribution in [1.82, 2.24) is 5.32 Å². The highest BCUT2D eigenvalue weighted by Gasteiger charge is 2.17. The average Bonchev–Trinajstić information content (AvgIpc) is 2.42. The topological polar surface area (TPSA) is 12.0 Å². The van der Waals surface area contributed by atoms with E-state index in [4.69, 9.17) is 11.6 Å². The van der Waals surface area contributed by atoms with Crippen LogP contribution in [0, 0.1) is 19.7 Å². The maximum atomic E-state index is 13.8. The monoisotopic (exact) mass is 305 g/mol. The van der Waals surface area contributed by atoms with Gasteiger partial charge in [-0.3, -0.25) is 0 Å². The van der Waals surface area contributed by atoms with E-state index in [0.29, 0.717) is 5.02 Å². The molecule has 0 amide bonds. The fourth-order valence-corrected chi connectivity index (χ4v) is 2.73. The second-order valence-electron chi connectivity index (χ2n) is 5.45. The molecule has 0 bridgehead atoms. The van der Waals surface area contributed by atoms with Gasteiger partial charge in [0.05, 0.1) is 6.04 Å². The first kappa shape index (κ1) is 16.0. The molecule has 0 aliphatic carbocycles. The Morgan fingerprint density at radius 2 is 1.90 bits per heavy atom. The van der Waals surface area contributed by atoms with Gasteiger partial charge in [-0.2, -0.15) is 0 Å². The number of hydrogen-bond acceptors (Lipinski definition) is 1. The second-order valence-corrected chi connectivity index (χ2v) is 5.89. The maximum Gasteiger partial charge on any atom is 0.123 e. The molecule has 1 unspecified atom stereocenters. The molecule has 0 saturated carbocycles. The molecule has 0 spiro atoms. The van der Waals surface area contributed by atoms with E-state index in [1.54, 1.807) is 12.1 Å². The SMILES string of the molecule is CCCNC(c1cc(C)cc(F)c1)c1cc(Cl)ccc1C. The lowest BCUT2D eigenvalue weighted by atomic mass is 9.94. The van der Waals surface area contributed by atoms with Gasteiger partial charge in [-0.15, -0.1) is 0 Å². The molecule has 1 atom stereocenters. The first-order valence-electron chi connectivity index (χ1n) is 7.27. The summed E-state index contributed by atoms with van der Waals surface area (Å²) in [5.74, 6) is -0.201. The molecule has 0 aliphatic heterocycles. The Morgan fingerprint density at radius 1 is 1.14 bits per heavy atom. The van der Waals surface area contributed by atoms with E-state index in [1.807, 2.05) is 31.2 Å². The summed E-state index contributed by atoms with van der Waals surface area (Å²) in [5, 5.41) is 4.20. The van der Waals surface area contributed by atoms with Crippen LogP contribution in [0.5, 0.6) is 0 Å². The average molecular weight is 306 g/mol. The molecule has 21 heavy (non-hydrogen) atoms. The van der Waals surface area contributed by atoms with E-state index in [1.165, 1.54) is 0 Å². The van der Waals surface area contributed by atoms with Gasteiger partial charge >= 0.3 is 0 Å². The fourth-order valence-electron chi connectivity index (χ4n) is 2.55. The Balaban J connectivity index is 2.49. The summed E-state index contributed by atoms with van der Waals surface area (Å²) >= 11 is 6.14. The van der Waals surface area contributed by atoms with Crippen molar-refractivity contribution in [2.45, 2.75) is 33.2 Å². The number of hydrogen-bond donors (Lipinski definition) is 1. The lowest BCUT2D eigenvalue weighted by Crippen LogP contribution is -2.24. The molecule has 0 fully saturated rings. The van der Waals surface area contributed by atoms with Crippen LogP contribution in [-0.2, 0) is 0 Å². The van der Waals surface area contributed by atoms with Crippen molar-refractivity contribution in [2.24, 2.45) is 0 Å². The lowest BCUT2D eigenvalue weighted by Gasteiger charge is -2.22. The van der Waals surface area contributed by atoms with Gasteiger partial charge < -0.3 is 5.32 Å². The third kappa shape index (κ3) is 4.05. The fraction of sp³-hybridized carbons (Fsp3) is 0.333. The van der Waals surface area contributed by atoms with Crippen molar-refractivity contribution >= 4 is 11.6 Å². The van der Waals surface area contributed by atoms with Crippen LogP contribution in [0.1, 0.15) is 41.6 Å². The smallest absolute Gasteiger partial charge is 0.123 e. The van der Waals surface area contributed by atoms with E-state index >= 15 is 0 Å². The van der Waals surface area contributed by atoms with Crippen LogP contribution in [0.15, 0.2) is 36.4 Å². The van der Waals surface area contributed by atoms with E-state index in [2.05, 4.69) is 19.2 Å². The zero-order valence-electron chi connectivity index (χ0n) is 12.7. The Morgan fingerprint density at radius 3 is 2.57 bits per heavy atom. The van der Waals surface area contributed by atoms with Crippen molar-refractivity contribution in [3.05, 3.63) is 69.5 Å². The molecule has 112 valence electrons. The Bertz CT molecular complexity index is 604. The van der Waals surface area contributed by atoms with Gasteiger partial charge in [0.25, 0.3) is 0 Å². The molecule has 3 heteroatoms. The highest BCUT2D eigenvalue weighted by Crippen LogP contribution is 2.28. The van der Waals surface area contributed by atoms with Crippen LogP contribution in [0.25, 0.3) is 0 Å². The molecule has 2 aromatic carbocycles. The number of rotatable bonds is 5. The van der Waals surface area contributed by atoms with Gasteiger partial charge in [0, 0.05) is 5.02 Å². The standard InChI is InChI=1S/C18H21ClFN/c1-4-7-21-18(14-8-12(2)9-16(20)10-14)17-11-15(19)6-5-13(17)3/h5-6,8-11,18,21H,4,7H2,1-3H3. The molecule has 1 nitrogen and oxygen atoms in total. The largest absolute Gasteiger partial charge is 0.306 e. The quantitative estimate of drug-likeness (QED) is 0.802. The Hall–Kier alpha value is -1.38. The van der Waals surface area contributed by atoms with Crippen LogP contribution in [0.4, 0.5) is 4.39 Å². The van der Waals surface area contributed by atoms with Gasteiger partial charge in [-0.05, 0) is 73.3 Å². The number of nitrogens with one attached hydrogen (secondary N) is 1. The predicted molar refractivity (Wildman–Crippen MR) is 87.5 cm³/mol. The maximum absolute atomic E-state index is 13.8. The zero-order chi connectivity index (χ0) is 15.4. The number of benzene rings is 2. The highest BCUT2D eigenvalue weighted by molar-refractivity contribution is 6.30. The molecular formula is C18H21ClFN. The summed E-state index contributed by atoms with van der Waals surface area (Å²) in [6.07, 6.45) is 1.02. The first-order chi connectivity index (χ1) is 10.0. The van der Waals surface area contributed by atoms with Crippen molar-refractivity contribution in [1.29, 1.82) is 0 Å². The first-order valence-corrected chi connectivity index (χ1v) is 7.65. The number of halogens is 2. The van der Waals surface area contributed by atoms with Crippen LogP contribution in [-0.4, -0.2) is 6.54 Å². The second kappa shape index (κ2) is 7.06. The Kier molecular flexibility index (Phi) is 5.38. The van der Waals surface area contributed by atoms with Crippen LogP contribution < -0.4 is 5.32 Å². The molecule has 0 aliphatic rings. The van der Waals surface area contributed by atoms with Crippen LogP contribution in [0.3, 0.4) is 0 Å². The minimum absolute atomic E-state index is 0.0435. The van der Waals surface area contributed by atoms with E-state index in [9.17, 15) is 4.39 Å². The zero-order valence-corrected chi connectivity index (χ0v) is 13.5. The minimum atomic E-state index is -0.201. The lowest BCUT2D eigenvalue weighted by molar-refractivity contribution is 0.583. The van der Waals surface area contributed by atoms with E-state index in [-0.39, 0.29) is 11.9 Å². The predicted octanol–water partition coefficient (Wildman–Crippen LogP) is 5.18. The van der Waals surface area contributed by atoms with Gasteiger partial charge in [-0.25, -0.2) is 4.39 Å².